The fourth-order valence-corrected chi connectivity index (χ4v) is 4.14. The number of hydrogen-bond acceptors (Lipinski definition) is 7. The number of anilines is 2. The molecule has 3 amide bonds. The lowest BCUT2D eigenvalue weighted by molar-refractivity contribution is 0.0240. The number of aromatic nitrogens is 2. The van der Waals surface area contributed by atoms with Crippen molar-refractivity contribution in [1.82, 2.24) is 20.2 Å². The van der Waals surface area contributed by atoms with Gasteiger partial charge >= 0.3 is 12.1 Å². The molecular formula is C25H34N6O4. The zero-order valence-corrected chi connectivity index (χ0v) is 21.1. The van der Waals surface area contributed by atoms with Crippen LogP contribution in [0.25, 0.3) is 11.4 Å². The van der Waals surface area contributed by atoms with Gasteiger partial charge in [0.05, 0.1) is 38.0 Å². The van der Waals surface area contributed by atoms with Crippen LogP contribution in [0.1, 0.15) is 45.9 Å². The van der Waals surface area contributed by atoms with Gasteiger partial charge in [-0.3, -0.25) is 4.90 Å². The standard InChI is InChI=1S/C25H34N6O4/c1-6-26-23(32)27-18-9-7-17(8-10-18)21-28-20-14-30(24(33)35-25(3,4)5)13-19(20)22(29-21)31-11-12-34-15-16(31)2/h7-10,16H,6,11-15H2,1-5H3,(H2,26,27,32)/t16-/m0/s1. The Hall–Kier alpha value is -3.40. The molecule has 35 heavy (non-hydrogen) atoms. The Morgan fingerprint density at radius 3 is 2.57 bits per heavy atom. The Kier molecular flexibility index (Phi) is 7.11. The molecule has 4 rings (SSSR count). The van der Waals surface area contributed by atoms with Crippen molar-refractivity contribution in [1.29, 1.82) is 0 Å². The number of hydrogen-bond donors (Lipinski definition) is 2. The summed E-state index contributed by atoms with van der Waals surface area (Å²) in [6, 6.07) is 7.32. The molecule has 0 saturated carbocycles. The van der Waals surface area contributed by atoms with Gasteiger partial charge in [-0.1, -0.05) is 0 Å². The van der Waals surface area contributed by atoms with E-state index >= 15 is 0 Å². The average Bonchev–Trinajstić information content (AvgIpc) is 3.23. The van der Waals surface area contributed by atoms with Gasteiger partial charge in [0.25, 0.3) is 0 Å². The van der Waals surface area contributed by atoms with Crippen molar-refractivity contribution in [3.63, 3.8) is 0 Å². The van der Waals surface area contributed by atoms with Crippen molar-refractivity contribution in [3.8, 4) is 11.4 Å². The molecule has 188 valence electrons. The molecular weight excluding hydrogens is 448 g/mol. The van der Waals surface area contributed by atoms with E-state index in [4.69, 9.17) is 19.4 Å². The van der Waals surface area contributed by atoms with Crippen LogP contribution >= 0.6 is 0 Å². The Balaban J connectivity index is 1.65. The molecule has 0 bridgehead atoms. The summed E-state index contributed by atoms with van der Waals surface area (Å²) in [7, 11) is 0. The third kappa shape index (κ3) is 5.82. The highest BCUT2D eigenvalue weighted by Gasteiger charge is 2.34. The normalized spacial score (nSPS) is 17.7. The molecule has 1 fully saturated rings. The monoisotopic (exact) mass is 482 g/mol. The van der Waals surface area contributed by atoms with Crippen LogP contribution in [-0.4, -0.2) is 64.9 Å². The van der Waals surface area contributed by atoms with Gasteiger partial charge in [0, 0.05) is 29.9 Å². The van der Waals surface area contributed by atoms with E-state index in [2.05, 4.69) is 22.5 Å². The van der Waals surface area contributed by atoms with Crippen LogP contribution in [0.4, 0.5) is 21.1 Å². The molecule has 0 aliphatic carbocycles. The SMILES string of the molecule is CCNC(=O)Nc1ccc(-c2nc3c(c(N4CCOC[C@@H]4C)n2)CN(C(=O)OC(C)(C)C)C3)cc1. The van der Waals surface area contributed by atoms with E-state index in [0.717, 1.165) is 22.6 Å². The Labute approximate surface area is 206 Å². The molecule has 2 aliphatic heterocycles. The maximum atomic E-state index is 12.8. The summed E-state index contributed by atoms with van der Waals surface area (Å²) in [6.45, 7) is 12.8. The third-order valence-electron chi connectivity index (χ3n) is 5.79. The minimum Gasteiger partial charge on any atom is -0.444 e. The number of nitrogens with zero attached hydrogens (tertiary/aromatic N) is 4. The number of urea groups is 1. The first-order valence-corrected chi connectivity index (χ1v) is 12.0. The first kappa shape index (κ1) is 24.7. The molecule has 1 aromatic carbocycles. The van der Waals surface area contributed by atoms with Gasteiger partial charge in [-0.25, -0.2) is 19.6 Å². The van der Waals surface area contributed by atoms with Crippen molar-refractivity contribution in [2.24, 2.45) is 0 Å². The second-order valence-electron chi connectivity index (χ2n) is 9.81. The molecule has 0 spiro atoms. The highest BCUT2D eigenvalue weighted by molar-refractivity contribution is 5.89. The zero-order chi connectivity index (χ0) is 25.2. The summed E-state index contributed by atoms with van der Waals surface area (Å²) in [5.74, 6) is 1.41. The minimum atomic E-state index is -0.575. The summed E-state index contributed by atoms with van der Waals surface area (Å²) in [6.07, 6.45) is -0.362. The summed E-state index contributed by atoms with van der Waals surface area (Å²) in [5, 5.41) is 5.51. The number of morpholine rings is 1. The predicted molar refractivity (Wildman–Crippen MR) is 133 cm³/mol. The second-order valence-corrected chi connectivity index (χ2v) is 9.81. The average molecular weight is 483 g/mol. The van der Waals surface area contributed by atoms with Gasteiger partial charge in [-0.15, -0.1) is 0 Å². The number of rotatable bonds is 4. The van der Waals surface area contributed by atoms with Crippen molar-refractivity contribution in [2.45, 2.75) is 59.4 Å². The maximum absolute atomic E-state index is 12.8. The number of benzene rings is 1. The van der Waals surface area contributed by atoms with Crippen LogP contribution < -0.4 is 15.5 Å². The fourth-order valence-electron chi connectivity index (χ4n) is 4.14. The van der Waals surface area contributed by atoms with Crippen LogP contribution in [0.5, 0.6) is 0 Å². The van der Waals surface area contributed by atoms with Crippen molar-refractivity contribution in [3.05, 3.63) is 35.5 Å². The third-order valence-corrected chi connectivity index (χ3v) is 5.79. The van der Waals surface area contributed by atoms with Crippen molar-refractivity contribution >= 4 is 23.6 Å². The molecule has 1 atom stereocenters. The molecule has 0 unspecified atom stereocenters. The Morgan fingerprint density at radius 2 is 1.91 bits per heavy atom. The largest absolute Gasteiger partial charge is 0.444 e. The van der Waals surface area contributed by atoms with E-state index in [1.54, 1.807) is 4.90 Å². The fraction of sp³-hybridized carbons (Fsp3) is 0.520. The molecule has 3 heterocycles. The van der Waals surface area contributed by atoms with Crippen molar-refractivity contribution in [2.75, 3.05) is 36.5 Å². The van der Waals surface area contributed by atoms with Crippen LogP contribution in [-0.2, 0) is 22.6 Å². The maximum Gasteiger partial charge on any atom is 0.410 e. The van der Waals surface area contributed by atoms with Gasteiger partial charge in [0.1, 0.15) is 11.4 Å². The lowest BCUT2D eigenvalue weighted by atomic mass is 10.1. The van der Waals surface area contributed by atoms with E-state index < -0.39 is 5.60 Å². The molecule has 1 aromatic heterocycles. The summed E-state index contributed by atoms with van der Waals surface area (Å²) >= 11 is 0. The number of carbonyl (C=O) groups is 2. The molecule has 10 nitrogen and oxygen atoms in total. The van der Waals surface area contributed by atoms with Crippen LogP contribution in [0, 0.1) is 0 Å². The molecule has 10 heteroatoms. The number of nitrogens with one attached hydrogen (secondary N) is 2. The summed E-state index contributed by atoms with van der Waals surface area (Å²) in [5.41, 5.74) is 2.70. The van der Waals surface area contributed by atoms with Gasteiger partial charge in [-0.05, 0) is 58.9 Å². The molecule has 0 radical (unpaired) electrons. The molecule has 1 saturated heterocycles. The van der Waals surface area contributed by atoms with Gasteiger partial charge in [0.2, 0.25) is 0 Å². The highest BCUT2D eigenvalue weighted by Crippen LogP contribution is 2.34. The zero-order valence-electron chi connectivity index (χ0n) is 21.1. The number of ether oxygens (including phenoxy) is 2. The van der Waals surface area contributed by atoms with E-state index in [0.29, 0.717) is 50.9 Å². The van der Waals surface area contributed by atoms with Gasteiger partial charge in [-0.2, -0.15) is 0 Å². The second kappa shape index (κ2) is 10.1. The van der Waals surface area contributed by atoms with E-state index in [9.17, 15) is 9.59 Å². The first-order chi connectivity index (χ1) is 16.6. The van der Waals surface area contributed by atoms with E-state index in [-0.39, 0.29) is 18.2 Å². The quantitative estimate of drug-likeness (QED) is 0.683. The number of amides is 3. The number of fused-ring (bicyclic) bond motifs is 1. The van der Waals surface area contributed by atoms with Gasteiger partial charge < -0.3 is 25.0 Å². The summed E-state index contributed by atoms with van der Waals surface area (Å²) in [4.78, 5) is 38.3. The van der Waals surface area contributed by atoms with E-state index in [1.807, 2.05) is 52.0 Å². The van der Waals surface area contributed by atoms with Crippen molar-refractivity contribution < 1.29 is 19.1 Å². The summed E-state index contributed by atoms with van der Waals surface area (Å²) < 4.78 is 11.2. The van der Waals surface area contributed by atoms with Crippen LogP contribution in [0.3, 0.4) is 0 Å². The smallest absolute Gasteiger partial charge is 0.410 e. The molecule has 2 aliphatic rings. The van der Waals surface area contributed by atoms with Gasteiger partial charge in [0.15, 0.2) is 5.82 Å². The lowest BCUT2D eigenvalue weighted by Crippen LogP contribution is -2.44. The molecule has 2 N–H and O–H groups in total. The van der Waals surface area contributed by atoms with Crippen LogP contribution in [0.15, 0.2) is 24.3 Å². The first-order valence-electron chi connectivity index (χ1n) is 12.0. The molecule has 2 aromatic rings. The predicted octanol–water partition coefficient (Wildman–Crippen LogP) is 3.76. The topological polar surface area (TPSA) is 109 Å². The van der Waals surface area contributed by atoms with Crippen LogP contribution in [0.2, 0.25) is 0 Å². The Morgan fingerprint density at radius 1 is 1.17 bits per heavy atom. The Bertz CT molecular complexity index is 1080. The van der Waals surface area contributed by atoms with E-state index in [1.165, 1.54) is 0 Å². The lowest BCUT2D eigenvalue weighted by Gasteiger charge is -2.35. The number of carbonyl (C=O) groups excluding carboxylic acids is 2. The minimum absolute atomic E-state index is 0.148. The highest BCUT2D eigenvalue weighted by atomic mass is 16.6.